The molecule has 1 atom stereocenters. The van der Waals surface area contributed by atoms with Gasteiger partial charge < -0.3 is 10.3 Å². The Bertz CT molecular complexity index is 944. The van der Waals surface area contributed by atoms with Gasteiger partial charge in [-0.2, -0.15) is 0 Å². The smallest absolute Gasteiger partial charge is 0.258 e. The normalized spacial score (nSPS) is 31.1. The van der Waals surface area contributed by atoms with E-state index >= 15 is 0 Å². The zero-order valence-electron chi connectivity index (χ0n) is 17.2. The Morgan fingerprint density at radius 3 is 2.52 bits per heavy atom. The van der Waals surface area contributed by atoms with Gasteiger partial charge in [0.2, 0.25) is 5.91 Å². The molecule has 0 saturated heterocycles. The van der Waals surface area contributed by atoms with Crippen LogP contribution in [0.2, 0.25) is 0 Å². The summed E-state index contributed by atoms with van der Waals surface area (Å²) in [5, 5.41) is 3.94. The summed E-state index contributed by atoms with van der Waals surface area (Å²) in [5.74, 6) is 3.50. The lowest BCUT2D eigenvalue weighted by Gasteiger charge is -2.59. The second kappa shape index (κ2) is 7.26. The number of nitrogens with one attached hydrogen (secondary N) is 2. The molecule has 6 rings (SSSR count). The highest BCUT2D eigenvalue weighted by Gasteiger charge is 2.53. The van der Waals surface area contributed by atoms with E-state index in [1.807, 2.05) is 18.2 Å². The van der Waals surface area contributed by atoms with E-state index in [0.717, 1.165) is 17.8 Å². The first kappa shape index (κ1) is 18.8. The summed E-state index contributed by atoms with van der Waals surface area (Å²) in [6, 6.07) is 7.63. The molecule has 4 fully saturated rings. The highest BCUT2D eigenvalue weighted by molar-refractivity contribution is 5.77. The van der Waals surface area contributed by atoms with Crippen molar-refractivity contribution in [2.75, 3.05) is 0 Å². The molecule has 5 heteroatoms. The quantitative estimate of drug-likeness (QED) is 0.780. The number of aryl methyl sites for hydroxylation is 1. The van der Waals surface area contributed by atoms with Gasteiger partial charge in [0.25, 0.3) is 5.56 Å². The van der Waals surface area contributed by atoms with Crippen LogP contribution in [0.15, 0.2) is 29.1 Å². The van der Waals surface area contributed by atoms with Crippen molar-refractivity contribution in [1.29, 1.82) is 0 Å². The lowest BCUT2D eigenvalue weighted by molar-refractivity contribution is -0.126. The molecular formula is C24H31N3O2. The third-order valence-corrected chi connectivity index (χ3v) is 7.86. The van der Waals surface area contributed by atoms with Crippen molar-refractivity contribution in [2.45, 2.75) is 70.8 Å². The van der Waals surface area contributed by atoms with E-state index < -0.39 is 0 Å². The van der Waals surface area contributed by atoms with Crippen molar-refractivity contribution in [1.82, 2.24) is 15.3 Å². The van der Waals surface area contributed by atoms with Gasteiger partial charge in [0.15, 0.2) is 0 Å². The molecule has 4 aliphatic carbocycles. The molecule has 4 aliphatic rings. The van der Waals surface area contributed by atoms with Crippen molar-refractivity contribution in [2.24, 2.45) is 23.2 Å². The van der Waals surface area contributed by atoms with Crippen LogP contribution in [-0.4, -0.2) is 21.9 Å². The first-order valence-corrected chi connectivity index (χ1v) is 11.3. The Morgan fingerprint density at radius 2 is 1.83 bits per heavy atom. The Balaban J connectivity index is 1.16. The molecule has 4 saturated carbocycles. The molecule has 29 heavy (non-hydrogen) atoms. The van der Waals surface area contributed by atoms with Crippen LogP contribution in [0.5, 0.6) is 0 Å². The van der Waals surface area contributed by atoms with Crippen molar-refractivity contribution in [3.05, 3.63) is 40.4 Å². The fourth-order valence-corrected chi connectivity index (χ4v) is 6.84. The van der Waals surface area contributed by atoms with Crippen LogP contribution < -0.4 is 10.9 Å². The number of carbonyl (C=O) groups is 1. The minimum Gasteiger partial charge on any atom is -0.353 e. The highest BCUT2D eigenvalue weighted by atomic mass is 16.1. The minimum absolute atomic E-state index is 0.106. The minimum atomic E-state index is -0.106. The predicted octanol–water partition coefficient (Wildman–Crippen LogP) is 3.97. The van der Waals surface area contributed by atoms with E-state index in [0.29, 0.717) is 41.4 Å². The first-order valence-electron chi connectivity index (χ1n) is 11.3. The van der Waals surface area contributed by atoms with Gasteiger partial charge in [-0.05, 0) is 87.2 Å². The van der Waals surface area contributed by atoms with Gasteiger partial charge in [-0.3, -0.25) is 9.59 Å². The number of nitrogens with zero attached hydrogens (tertiary/aromatic N) is 1. The summed E-state index contributed by atoms with van der Waals surface area (Å²) in [5.41, 5.74) is 0.951. The van der Waals surface area contributed by atoms with E-state index in [1.54, 1.807) is 6.07 Å². The molecule has 1 aromatic carbocycles. The number of carbonyl (C=O) groups excluding carboxylic acids is 1. The van der Waals surface area contributed by atoms with Crippen LogP contribution in [0, 0.1) is 23.2 Å². The molecular weight excluding hydrogens is 362 g/mol. The molecule has 2 aromatic rings. The van der Waals surface area contributed by atoms with E-state index in [9.17, 15) is 9.59 Å². The molecule has 0 unspecified atom stereocenters. The number of amides is 1. The van der Waals surface area contributed by atoms with Crippen molar-refractivity contribution in [3.63, 3.8) is 0 Å². The summed E-state index contributed by atoms with van der Waals surface area (Å²) in [6.45, 7) is 2.23. The van der Waals surface area contributed by atoms with Gasteiger partial charge in [0, 0.05) is 18.9 Å². The summed E-state index contributed by atoms with van der Waals surface area (Å²) >= 11 is 0. The van der Waals surface area contributed by atoms with E-state index in [1.165, 1.54) is 38.5 Å². The monoisotopic (exact) mass is 393 g/mol. The summed E-state index contributed by atoms with van der Waals surface area (Å²) in [4.78, 5) is 32.2. The number of hydrogen-bond donors (Lipinski definition) is 2. The summed E-state index contributed by atoms with van der Waals surface area (Å²) < 4.78 is 0. The molecule has 1 amide bonds. The average Bonchev–Trinajstić information content (AvgIpc) is 2.67. The summed E-state index contributed by atoms with van der Waals surface area (Å²) in [7, 11) is 0. The maximum Gasteiger partial charge on any atom is 0.258 e. The number of aromatic amines is 1. The van der Waals surface area contributed by atoms with E-state index in [2.05, 4.69) is 22.2 Å². The zero-order chi connectivity index (χ0) is 20.0. The second-order valence-electron chi connectivity index (χ2n) is 9.95. The Kier molecular flexibility index (Phi) is 4.72. The SMILES string of the molecule is C[C@@H](NC(=O)CCCc1nc2ccccc2c(=O)[nH]1)C12CC3CC(CC(C3)C1)C2. The molecule has 1 aromatic heterocycles. The van der Waals surface area contributed by atoms with Gasteiger partial charge in [-0.1, -0.05) is 12.1 Å². The molecule has 154 valence electrons. The van der Waals surface area contributed by atoms with Crippen molar-refractivity contribution in [3.8, 4) is 0 Å². The Morgan fingerprint density at radius 1 is 1.17 bits per heavy atom. The Hall–Kier alpha value is -2.17. The van der Waals surface area contributed by atoms with Crippen LogP contribution in [0.4, 0.5) is 0 Å². The van der Waals surface area contributed by atoms with Gasteiger partial charge in [0.1, 0.15) is 5.82 Å². The van der Waals surface area contributed by atoms with E-state index in [4.69, 9.17) is 0 Å². The number of rotatable bonds is 6. The maximum absolute atomic E-state index is 12.6. The van der Waals surface area contributed by atoms with Gasteiger partial charge in [-0.25, -0.2) is 4.98 Å². The number of fused-ring (bicyclic) bond motifs is 1. The third kappa shape index (κ3) is 3.60. The van der Waals surface area contributed by atoms with Crippen LogP contribution in [0.1, 0.15) is 64.1 Å². The largest absolute Gasteiger partial charge is 0.353 e. The van der Waals surface area contributed by atoms with Crippen LogP contribution in [0.3, 0.4) is 0 Å². The fraction of sp³-hybridized carbons (Fsp3) is 0.625. The summed E-state index contributed by atoms with van der Waals surface area (Å²) in [6.07, 6.45) is 9.99. The maximum atomic E-state index is 12.6. The van der Waals surface area contributed by atoms with Crippen LogP contribution in [0.25, 0.3) is 10.9 Å². The number of H-pyrrole nitrogens is 1. The number of aromatic nitrogens is 2. The number of hydrogen-bond acceptors (Lipinski definition) is 3. The average molecular weight is 394 g/mol. The zero-order valence-corrected chi connectivity index (χ0v) is 17.2. The molecule has 2 N–H and O–H groups in total. The van der Waals surface area contributed by atoms with E-state index in [-0.39, 0.29) is 17.5 Å². The molecule has 0 aliphatic heterocycles. The number of benzene rings is 1. The Labute approximate surface area is 171 Å². The standard InChI is InChI=1S/C24H31N3O2/c1-15(24-12-16-9-17(13-24)11-18(10-16)14-24)25-22(28)8-4-7-21-26-20-6-3-2-5-19(20)23(29)27-21/h2-3,5-6,15-18H,4,7-14H2,1H3,(H,25,28)(H,26,27,29)/t15-,16?,17?,18?,24?/m1/s1. The third-order valence-electron chi connectivity index (χ3n) is 7.86. The second-order valence-corrected chi connectivity index (χ2v) is 9.95. The van der Waals surface area contributed by atoms with Gasteiger partial charge >= 0.3 is 0 Å². The highest BCUT2D eigenvalue weighted by Crippen LogP contribution is 2.61. The van der Waals surface area contributed by atoms with Crippen LogP contribution in [-0.2, 0) is 11.2 Å². The number of para-hydroxylation sites is 1. The van der Waals surface area contributed by atoms with Gasteiger partial charge in [-0.15, -0.1) is 0 Å². The van der Waals surface area contributed by atoms with Crippen molar-refractivity contribution >= 4 is 16.8 Å². The topological polar surface area (TPSA) is 74.8 Å². The molecule has 0 spiro atoms. The molecule has 1 heterocycles. The van der Waals surface area contributed by atoms with Gasteiger partial charge in [0.05, 0.1) is 10.9 Å². The predicted molar refractivity (Wildman–Crippen MR) is 114 cm³/mol. The van der Waals surface area contributed by atoms with Crippen LogP contribution >= 0.6 is 0 Å². The lowest BCUT2D eigenvalue weighted by Crippen LogP contribution is -2.55. The molecule has 0 radical (unpaired) electrons. The van der Waals surface area contributed by atoms with Crippen molar-refractivity contribution < 1.29 is 4.79 Å². The molecule has 5 nitrogen and oxygen atoms in total. The fourth-order valence-electron chi connectivity index (χ4n) is 6.84. The lowest BCUT2D eigenvalue weighted by atomic mass is 9.48. The molecule has 4 bridgehead atoms. The first-order chi connectivity index (χ1) is 14.0.